The van der Waals surface area contributed by atoms with Gasteiger partial charge < -0.3 is 5.32 Å². The summed E-state index contributed by atoms with van der Waals surface area (Å²) in [6, 6.07) is 6.30. The lowest BCUT2D eigenvalue weighted by molar-refractivity contribution is 0.231. The number of hydrogen-bond donors (Lipinski definition) is 1. The lowest BCUT2D eigenvalue weighted by Crippen LogP contribution is -2.38. The zero-order chi connectivity index (χ0) is 13.9. The van der Waals surface area contributed by atoms with Crippen LogP contribution >= 0.6 is 0 Å². The Kier molecular flexibility index (Phi) is 4.37. The zero-order valence-corrected chi connectivity index (χ0v) is 12.4. The van der Waals surface area contributed by atoms with Crippen molar-refractivity contribution in [3.63, 3.8) is 0 Å². The average molecular weight is 276 g/mol. The quantitative estimate of drug-likeness (QED) is 0.859. The van der Waals surface area contributed by atoms with E-state index in [1.807, 2.05) is 13.0 Å². The van der Waals surface area contributed by atoms with Gasteiger partial charge in [0.25, 0.3) is 0 Å². The molecule has 1 aromatic carbocycles. The summed E-state index contributed by atoms with van der Waals surface area (Å²) in [7, 11) is 0. The predicted molar refractivity (Wildman–Crippen MR) is 80.2 cm³/mol. The van der Waals surface area contributed by atoms with E-state index in [9.17, 15) is 4.39 Å². The number of benzene rings is 1. The Hall–Kier alpha value is -0.930. The van der Waals surface area contributed by atoms with E-state index >= 15 is 0 Å². The monoisotopic (exact) mass is 276 g/mol. The Labute approximate surface area is 121 Å². The normalized spacial score (nSPS) is 22.6. The molecule has 1 N–H and O–H groups in total. The summed E-state index contributed by atoms with van der Waals surface area (Å²) in [6.45, 7) is 6.14. The fourth-order valence-electron chi connectivity index (χ4n) is 3.09. The van der Waals surface area contributed by atoms with Crippen molar-refractivity contribution in [2.75, 3.05) is 19.6 Å². The minimum Gasteiger partial charge on any atom is -0.313 e. The van der Waals surface area contributed by atoms with Gasteiger partial charge in [0.2, 0.25) is 0 Å². The third-order valence-corrected chi connectivity index (χ3v) is 4.50. The van der Waals surface area contributed by atoms with Gasteiger partial charge in [0.05, 0.1) is 0 Å². The highest BCUT2D eigenvalue weighted by Gasteiger charge is 2.26. The molecule has 2 nitrogen and oxygen atoms in total. The van der Waals surface area contributed by atoms with Crippen LogP contribution in [-0.2, 0) is 6.54 Å². The summed E-state index contributed by atoms with van der Waals surface area (Å²) in [5, 5.41) is 3.57. The van der Waals surface area contributed by atoms with Crippen LogP contribution in [0.25, 0.3) is 0 Å². The Balaban J connectivity index is 1.62. The maximum atomic E-state index is 13.7. The molecule has 1 aliphatic heterocycles. The molecule has 1 atom stereocenters. The van der Waals surface area contributed by atoms with E-state index in [1.165, 1.54) is 32.2 Å². The summed E-state index contributed by atoms with van der Waals surface area (Å²) in [4.78, 5) is 2.52. The molecule has 0 spiro atoms. The standard InChI is InChI=1S/C17H25FN2/c1-13-4-5-15(9-17(13)18)11-20(10-14-6-7-14)12-16-3-2-8-19-16/h4-5,9,14,16,19H,2-3,6-8,10-12H2,1H3. The molecule has 3 rings (SSSR count). The Bertz CT molecular complexity index is 450. The Morgan fingerprint density at radius 2 is 2.10 bits per heavy atom. The predicted octanol–water partition coefficient (Wildman–Crippen LogP) is 3.10. The molecule has 1 saturated carbocycles. The Morgan fingerprint density at radius 3 is 2.75 bits per heavy atom. The maximum Gasteiger partial charge on any atom is 0.126 e. The zero-order valence-electron chi connectivity index (χ0n) is 12.4. The van der Waals surface area contributed by atoms with E-state index in [0.717, 1.165) is 36.7 Å². The first-order chi connectivity index (χ1) is 9.70. The second kappa shape index (κ2) is 6.23. The van der Waals surface area contributed by atoms with E-state index in [4.69, 9.17) is 0 Å². The third kappa shape index (κ3) is 3.80. The van der Waals surface area contributed by atoms with Gasteiger partial charge in [0.1, 0.15) is 5.82 Å². The molecule has 1 heterocycles. The van der Waals surface area contributed by atoms with Crippen molar-refractivity contribution >= 4 is 0 Å². The highest BCUT2D eigenvalue weighted by atomic mass is 19.1. The minimum atomic E-state index is -0.0761. The van der Waals surface area contributed by atoms with Crippen LogP contribution in [0.3, 0.4) is 0 Å². The van der Waals surface area contributed by atoms with Gasteiger partial charge in [-0.1, -0.05) is 12.1 Å². The number of hydrogen-bond acceptors (Lipinski definition) is 2. The first-order valence-electron chi connectivity index (χ1n) is 7.91. The van der Waals surface area contributed by atoms with Crippen molar-refractivity contribution in [3.05, 3.63) is 35.1 Å². The van der Waals surface area contributed by atoms with Crippen LogP contribution in [0.1, 0.15) is 36.8 Å². The van der Waals surface area contributed by atoms with Crippen LogP contribution < -0.4 is 5.32 Å². The number of aryl methyl sites for hydroxylation is 1. The van der Waals surface area contributed by atoms with Crippen LogP contribution in [0, 0.1) is 18.7 Å². The molecule has 0 aromatic heterocycles. The molecule has 2 fully saturated rings. The van der Waals surface area contributed by atoms with Crippen LogP contribution in [0.15, 0.2) is 18.2 Å². The van der Waals surface area contributed by atoms with E-state index in [2.05, 4.69) is 16.3 Å². The lowest BCUT2D eigenvalue weighted by Gasteiger charge is -2.26. The molecule has 1 aromatic rings. The number of rotatable bonds is 6. The van der Waals surface area contributed by atoms with Crippen molar-refractivity contribution < 1.29 is 4.39 Å². The molecule has 1 saturated heterocycles. The summed E-state index contributed by atoms with van der Waals surface area (Å²) < 4.78 is 13.7. The molecule has 20 heavy (non-hydrogen) atoms. The van der Waals surface area contributed by atoms with Crippen LogP contribution in [0.4, 0.5) is 4.39 Å². The first-order valence-corrected chi connectivity index (χ1v) is 7.91. The topological polar surface area (TPSA) is 15.3 Å². The van der Waals surface area contributed by atoms with E-state index in [1.54, 1.807) is 6.07 Å². The maximum absolute atomic E-state index is 13.7. The summed E-state index contributed by atoms with van der Waals surface area (Å²) in [6.07, 6.45) is 5.32. The van der Waals surface area contributed by atoms with Gasteiger partial charge in [0.15, 0.2) is 0 Å². The van der Waals surface area contributed by atoms with Crippen molar-refractivity contribution in [1.82, 2.24) is 10.2 Å². The van der Waals surface area contributed by atoms with Crippen molar-refractivity contribution in [3.8, 4) is 0 Å². The van der Waals surface area contributed by atoms with Gasteiger partial charge in [-0.2, -0.15) is 0 Å². The molecule has 110 valence electrons. The summed E-state index contributed by atoms with van der Waals surface area (Å²) in [5.74, 6) is 0.805. The molecule has 0 amide bonds. The fraction of sp³-hybridized carbons (Fsp3) is 0.647. The minimum absolute atomic E-state index is 0.0761. The van der Waals surface area contributed by atoms with Gasteiger partial charge in [-0.25, -0.2) is 4.39 Å². The Morgan fingerprint density at radius 1 is 1.25 bits per heavy atom. The van der Waals surface area contributed by atoms with Gasteiger partial charge in [-0.05, 0) is 62.3 Å². The van der Waals surface area contributed by atoms with Gasteiger partial charge >= 0.3 is 0 Å². The van der Waals surface area contributed by atoms with Gasteiger partial charge in [-0.15, -0.1) is 0 Å². The van der Waals surface area contributed by atoms with E-state index in [-0.39, 0.29) is 5.82 Å². The SMILES string of the molecule is Cc1ccc(CN(CC2CC2)CC2CCCN2)cc1F. The lowest BCUT2D eigenvalue weighted by atomic mass is 10.1. The largest absolute Gasteiger partial charge is 0.313 e. The number of halogens is 1. The molecular formula is C17H25FN2. The van der Waals surface area contributed by atoms with Crippen molar-refractivity contribution in [2.45, 2.75) is 45.2 Å². The first kappa shape index (κ1) is 14.0. The van der Waals surface area contributed by atoms with Crippen molar-refractivity contribution in [2.24, 2.45) is 5.92 Å². The number of nitrogens with zero attached hydrogens (tertiary/aromatic N) is 1. The highest BCUT2D eigenvalue weighted by molar-refractivity contribution is 5.23. The van der Waals surface area contributed by atoms with Crippen LogP contribution in [0.2, 0.25) is 0 Å². The summed E-state index contributed by atoms with van der Waals surface area (Å²) in [5.41, 5.74) is 1.84. The molecule has 1 aliphatic carbocycles. The molecule has 2 aliphatic rings. The third-order valence-electron chi connectivity index (χ3n) is 4.50. The van der Waals surface area contributed by atoms with Gasteiger partial charge in [-0.3, -0.25) is 4.90 Å². The smallest absolute Gasteiger partial charge is 0.126 e. The molecule has 0 radical (unpaired) electrons. The summed E-state index contributed by atoms with van der Waals surface area (Å²) >= 11 is 0. The van der Waals surface area contributed by atoms with E-state index < -0.39 is 0 Å². The van der Waals surface area contributed by atoms with Crippen molar-refractivity contribution in [1.29, 1.82) is 0 Å². The van der Waals surface area contributed by atoms with Crippen LogP contribution in [-0.4, -0.2) is 30.6 Å². The second-order valence-corrected chi connectivity index (χ2v) is 6.51. The van der Waals surface area contributed by atoms with Gasteiger partial charge in [0, 0.05) is 25.7 Å². The molecular weight excluding hydrogens is 251 g/mol. The van der Waals surface area contributed by atoms with Crippen LogP contribution in [0.5, 0.6) is 0 Å². The molecule has 1 unspecified atom stereocenters. The molecule has 0 bridgehead atoms. The fourth-order valence-corrected chi connectivity index (χ4v) is 3.09. The van der Waals surface area contributed by atoms with E-state index in [0.29, 0.717) is 6.04 Å². The molecule has 3 heteroatoms. The highest BCUT2D eigenvalue weighted by Crippen LogP contribution is 2.30. The number of nitrogens with one attached hydrogen (secondary N) is 1. The second-order valence-electron chi connectivity index (χ2n) is 6.51. The average Bonchev–Trinajstić information content (AvgIpc) is 3.08.